The highest BCUT2D eigenvalue weighted by molar-refractivity contribution is 9.10. The highest BCUT2D eigenvalue weighted by atomic mass is 79.9. The lowest BCUT2D eigenvalue weighted by molar-refractivity contribution is 0.0702. The molecule has 3 aromatic rings. The molecule has 4 rings (SSSR count). The number of rotatable bonds is 3. The minimum atomic E-state index is -0.356. The van der Waals surface area contributed by atoms with Crippen LogP contribution in [0.4, 0.5) is 4.39 Å². The quantitative estimate of drug-likeness (QED) is 0.532. The van der Waals surface area contributed by atoms with Gasteiger partial charge in [-0.3, -0.25) is 4.79 Å². The van der Waals surface area contributed by atoms with Gasteiger partial charge in [-0.1, -0.05) is 12.1 Å². The number of hydrogen-bond donors (Lipinski definition) is 0. The Labute approximate surface area is 172 Å². The van der Waals surface area contributed by atoms with Gasteiger partial charge in [0.2, 0.25) is 0 Å². The first-order valence-corrected chi connectivity index (χ1v) is 10.5. The number of carbonyl (C=O) groups is 1. The molecular formula is C22H23BrFN3O. The molecule has 0 aliphatic carbocycles. The molecule has 146 valence electrons. The van der Waals surface area contributed by atoms with Gasteiger partial charge in [0, 0.05) is 29.5 Å². The number of nitrogens with zero attached hydrogens (tertiary/aromatic N) is 3. The minimum absolute atomic E-state index is 0.0659. The Morgan fingerprint density at radius 1 is 1.25 bits per heavy atom. The molecule has 1 amide bonds. The van der Waals surface area contributed by atoms with Gasteiger partial charge in [-0.25, -0.2) is 9.37 Å². The van der Waals surface area contributed by atoms with Crippen LogP contribution in [0.1, 0.15) is 54.8 Å². The Morgan fingerprint density at radius 3 is 2.79 bits per heavy atom. The fraction of sp³-hybridized carbons (Fsp3) is 0.364. The molecule has 2 heterocycles. The zero-order valence-corrected chi connectivity index (χ0v) is 17.6. The number of imidazole rings is 1. The molecular weight excluding hydrogens is 421 g/mol. The summed E-state index contributed by atoms with van der Waals surface area (Å²) in [6.45, 7) is 5.66. The number of fused-ring (bicyclic) bond motifs is 1. The van der Waals surface area contributed by atoms with Crippen molar-refractivity contribution in [1.82, 2.24) is 14.5 Å². The smallest absolute Gasteiger partial charge is 0.255 e. The van der Waals surface area contributed by atoms with E-state index in [0.717, 1.165) is 29.7 Å². The number of benzene rings is 2. The normalized spacial score (nSPS) is 17.5. The topological polar surface area (TPSA) is 38.1 Å². The van der Waals surface area contributed by atoms with Crippen LogP contribution in [0.15, 0.2) is 46.9 Å². The SMILES string of the molecule is CC(C)n1c(C2CCCN(C(=O)c3ccc(F)cc3Br)C2)nc2ccccc21. The Kier molecular flexibility index (Phi) is 5.23. The van der Waals surface area contributed by atoms with Crippen molar-refractivity contribution < 1.29 is 9.18 Å². The Hall–Kier alpha value is -2.21. The number of piperidine rings is 1. The van der Waals surface area contributed by atoms with Crippen molar-refractivity contribution in [2.24, 2.45) is 0 Å². The molecule has 1 unspecified atom stereocenters. The van der Waals surface area contributed by atoms with Crippen molar-refractivity contribution in [3.05, 3.63) is 64.1 Å². The maximum atomic E-state index is 13.4. The number of halogens is 2. The van der Waals surface area contributed by atoms with Crippen molar-refractivity contribution in [1.29, 1.82) is 0 Å². The third-order valence-electron chi connectivity index (χ3n) is 5.37. The number of aromatic nitrogens is 2. The molecule has 0 N–H and O–H groups in total. The molecule has 2 aromatic carbocycles. The van der Waals surface area contributed by atoms with Crippen LogP contribution in [0.2, 0.25) is 0 Å². The van der Waals surface area contributed by atoms with Crippen LogP contribution in [0, 0.1) is 5.82 Å². The Bertz CT molecular complexity index is 1030. The number of likely N-dealkylation sites (tertiary alicyclic amines) is 1. The van der Waals surface area contributed by atoms with Gasteiger partial charge in [0.1, 0.15) is 11.6 Å². The number of amides is 1. The first-order chi connectivity index (χ1) is 13.5. The van der Waals surface area contributed by atoms with E-state index in [1.165, 1.54) is 12.1 Å². The van der Waals surface area contributed by atoms with Crippen LogP contribution >= 0.6 is 15.9 Å². The maximum Gasteiger partial charge on any atom is 0.255 e. The van der Waals surface area contributed by atoms with E-state index in [1.807, 2.05) is 23.1 Å². The molecule has 1 aromatic heterocycles. The minimum Gasteiger partial charge on any atom is -0.338 e. The van der Waals surface area contributed by atoms with Crippen molar-refractivity contribution in [3.8, 4) is 0 Å². The summed E-state index contributed by atoms with van der Waals surface area (Å²) < 4.78 is 16.2. The van der Waals surface area contributed by atoms with Crippen LogP contribution in [0.5, 0.6) is 0 Å². The van der Waals surface area contributed by atoms with Gasteiger partial charge in [-0.05, 0) is 73.0 Å². The van der Waals surface area contributed by atoms with Crippen LogP contribution in [-0.4, -0.2) is 33.4 Å². The van der Waals surface area contributed by atoms with E-state index < -0.39 is 0 Å². The zero-order chi connectivity index (χ0) is 19.8. The molecule has 1 atom stereocenters. The molecule has 28 heavy (non-hydrogen) atoms. The highest BCUT2D eigenvalue weighted by Gasteiger charge is 2.30. The zero-order valence-electron chi connectivity index (χ0n) is 16.0. The maximum absolute atomic E-state index is 13.4. The van der Waals surface area contributed by atoms with Crippen molar-refractivity contribution >= 4 is 32.9 Å². The summed E-state index contributed by atoms with van der Waals surface area (Å²) in [7, 11) is 0. The predicted octanol–water partition coefficient (Wildman–Crippen LogP) is 5.54. The fourth-order valence-corrected chi connectivity index (χ4v) is 4.62. The van der Waals surface area contributed by atoms with Crippen molar-refractivity contribution in [2.75, 3.05) is 13.1 Å². The summed E-state index contributed by atoms with van der Waals surface area (Å²) in [6, 6.07) is 12.7. The van der Waals surface area contributed by atoms with E-state index in [2.05, 4.69) is 40.4 Å². The number of hydrogen-bond acceptors (Lipinski definition) is 2. The van der Waals surface area contributed by atoms with Gasteiger partial charge in [0.15, 0.2) is 0 Å². The predicted molar refractivity (Wildman–Crippen MR) is 112 cm³/mol. The summed E-state index contributed by atoms with van der Waals surface area (Å²) in [5.74, 6) is 0.813. The van der Waals surface area contributed by atoms with E-state index >= 15 is 0 Å². The summed E-state index contributed by atoms with van der Waals surface area (Å²) in [5, 5.41) is 0. The van der Waals surface area contributed by atoms with Crippen LogP contribution in [0.3, 0.4) is 0 Å². The summed E-state index contributed by atoms with van der Waals surface area (Å²) in [4.78, 5) is 19.8. The van der Waals surface area contributed by atoms with Crippen LogP contribution in [-0.2, 0) is 0 Å². The van der Waals surface area contributed by atoms with Gasteiger partial charge < -0.3 is 9.47 Å². The monoisotopic (exact) mass is 443 g/mol. The molecule has 0 radical (unpaired) electrons. The van der Waals surface area contributed by atoms with E-state index in [4.69, 9.17) is 4.98 Å². The fourth-order valence-electron chi connectivity index (χ4n) is 4.10. The highest BCUT2D eigenvalue weighted by Crippen LogP contribution is 2.32. The lowest BCUT2D eigenvalue weighted by Crippen LogP contribution is -2.40. The number of para-hydroxylation sites is 2. The van der Waals surface area contributed by atoms with Gasteiger partial charge in [0.25, 0.3) is 5.91 Å². The molecule has 1 fully saturated rings. The van der Waals surface area contributed by atoms with Gasteiger partial charge in [-0.2, -0.15) is 0 Å². The lowest BCUT2D eigenvalue weighted by Gasteiger charge is -2.33. The van der Waals surface area contributed by atoms with Gasteiger partial charge >= 0.3 is 0 Å². The third-order valence-corrected chi connectivity index (χ3v) is 6.03. The summed E-state index contributed by atoms with van der Waals surface area (Å²) >= 11 is 3.32. The molecule has 1 saturated heterocycles. The summed E-state index contributed by atoms with van der Waals surface area (Å²) in [5.41, 5.74) is 2.63. The molecule has 0 spiro atoms. The van der Waals surface area contributed by atoms with E-state index in [0.29, 0.717) is 29.2 Å². The van der Waals surface area contributed by atoms with Gasteiger partial charge in [0.05, 0.1) is 16.6 Å². The van der Waals surface area contributed by atoms with Crippen LogP contribution in [0.25, 0.3) is 11.0 Å². The largest absolute Gasteiger partial charge is 0.338 e. The molecule has 0 saturated carbocycles. The molecule has 0 bridgehead atoms. The van der Waals surface area contributed by atoms with Crippen molar-refractivity contribution in [2.45, 2.75) is 38.6 Å². The average molecular weight is 444 g/mol. The lowest BCUT2D eigenvalue weighted by atomic mass is 9.96. The van der Waals surface area contributed by atoms with Crippen LogP contribution < -0.4 is 0 Å². The van der Waals surface area contributed by atoms with Crippen molar-refractivity contribution in [3.63, 3.8) is 0 Å². The molecule has 1 aliphatic rings. The second-order valence-corrected chi connectivity index (χ2v) is 8.49. The number of carbonyl (C=O) groups excluding carboxylic acids is 1. The summed E-state index contributed by atoms with van der Waals surface area (Å²) in [6.07, 6.45) is 1.93. The first kappa shape index (κ1) is 19.1. The first-order valence-electron chi connectivity index (χ1n) is 9.67. The Morgan fingerprint density at radius 2 is 2.04 bits per heavy atom. The Balaban J connectivity index is 1.65. The van der Waals surface area contributed by atoms with Gasteiger partial charge in [-0.15, -0.1) is 0 Å². The molecule has 6 heteroatoms. The molecule has 1 aliphatic heterocycles. The van der Waals surface area contributed by atoms with E-state index in [1.54, 1.807) is 6.07 Å². The average Bonchev–Trinajstić information content (AvgIpc) is 3.07. The van der Waals surface area contributed by atoms with E-state index in [-0.39, 0.29) is 17.6 Å². The second-order valence-electron chi connectivity index (χ2n) is 7.64. The van der Waals surface area contributed by atoms with E-state index in [9.17, 15) is 9.18 Å². The third kappa shape index (κ3) is 3.46. The molecule has 4 nitrogen and oxygen atoms in total. The second kappa shape index (κ2) is 7.66. The standard InChI is InChI=1S/C22H23BrFN3O/c1-14(2)27-20-8-4-3-7-19(20)25-21(27)15-6-5-11-26(13-15)22(28)17-10-9-16(24)12-18(17)23/h3-4,7-10,12,14-15H,5-6,11,13H2,1-2H3.